The van der Waals surface area contributed by atoms with E-state index in [1.54, 1.807) is 39.4 Å². The largest absolute Gasteiger partial charge is 0.416 e. The summed E-state index contributed by atoms with van der Waals surface area (Å²) in [6, 6.07) is 8.84. The molecular formula is C31H28ClF6N9O2. The predicted molar refractivity (Wildman–Crippen MR) is 171 cm³/mol. The van der Waals surface area contributed by atoms with Gasteiger partial charge in [0.1, 0.15) is 10.8 Å². The van der Waals surface area contributed by atoms with Crippen molar-refractivity contribution in [2.24, 2.45) is 0 Å². The van der Waals surface area contributed by atoms with E-state index in [9.17, 15) is 35.9 Å². The summed E-state index contributed by atoms with van der Waals surface area (Å²) in [4.78, 5) is 37.6. The van der Waals surface area contributed by atoms with Crippen molar-refractivity contribution in [2.45, 2.75) is 52.1 Å². The molecule has 0 saturated heterocycles. The van der Waals surface area contributed by atoms with Gasteiger partial charge < -0.3 is 5.32 Å². The van der Waals surface area contributed by atoms with E-state index in [4.69, 9.17) is 11.6 Å². The minimum atomic E-state index is -4.39. The summed E-state index contributed by atoms with van der Waals surface area (Å²) in [7, 11) is 1.62. The van der Waals surface area contributed by atoms with Gasteiger partial charge in [-0.1, -0.05) is 24.3 Å². The minimum Gasteiger partial charge on any atom is -0.359 e. The Morgan fingerprint density at radius 2 is 1.08 bits per heavy atom. The number of anilines is 1. The van der Waals surface area contributed by atoms with Gasteiger partial charge in [-0.05, 0) is 74.7 Å². The monoisotopic (exact) mass is 707 g/mol. The van der Waals surface area contributed by atoms with Crippen LogP contribution in [-0.4, -0.2) is 46.5 Å². The highest BCUT2D eigenvalue weighted by molar-refractivity contribution is 6.28. The van der Waals surface area contributed by atoms with Crippen molar-refractivity contribution in [2.75, 3.05) is 12.4 Å². The minimum absolute atomic E-state index is 0.0757. The molecule has 0 amide bonds. The Morgan fingerprint density at radius 1 is 0.694 bits per heavy atom. The number of halogens is 7. The van der Waals surface area contributed by atoms with Gasteiger partial charge in [-0.2, -0.15) is 46.5 Å². The molecular weight excluding hydrogens is 680 g/mol. The number of hydrogen-bond donors (Lipinski definition) is 3. The standard InChI is InChI=1S/C16H16F3N5O.C15H12ClF3N4O/c1-8-12-13(21-15(20-3)22-14(12)25)24(23-8)9(2)10-4-6-11(7-5-10)16(17,18)19;1-7-11-12(20-14(16)21-13(11)24)23(22-7)8(2)9-3-5-10(6-4-9)15(17,18)19/h4-7,9H,1-3H3,(H2,20,21,22,25);3-6,8H,1-2H3,(H,20,21,24). The second-order valence-electron chi connectivity index (χ2n) is 11.1. The Hall–Kier alpha value is -5.19. The summed E-state index contributed by atoms with van der Waals surface area (Å²) in [5.74, 6) is 0.290. The zero-order chi connectivity index (χ0) is 36.0. The number of aromatic nitrogens is 8. The quantitative estimate of drug-likeness (QED) is 0.132. The predicted octanol–water partition coefficient (Wildman–Crippen LogP) is 6.81. The van der Waals surface area contributed by atoms with Crippen LogP contribution in [0.1, 0.15) is 59.6 Å². The van der Waals surface area contributed by atoms with Crippen LogP contribution < -0.4 is 16.4 Å². The third-order valence-electron chi connectivity index (χ3n) is 7.86. The Balaban J connectivity index is 0.000000191. The van der Waals surface area contributed by atoms with Crippen LogP contribution in [0.2, 0.25) is 5.28 Å². The summed E-state index contributed by atoms with van der Waals surface area (Å²) in [6.45, 7) is 6.89. The zero-order valence-electron chi connectivity index (χ0n) is 26.4. The van der Waals surface area contributed by atoms with Crippen LogP contribution in [0.15, 0.2) is 58.1 Å². The van der Waals surface area contributed by atoms with Gasteiger partial charge in [-0.25, -0.2) is 9.36 Å². The van der Waals surface area contributed by atoms with Crippen molar-refractivity contribution in [1.82, 2.24) is 39.5 Å². The first kappa shape index (κ1) is 35.1. The SMILES string of the molecule is CNc1nc2c(c(C)nn2C(C)c2ccc(C(F)(F)F)cc2)c(=O)[nH]1.Cc1nn(C(C)c2ccc(C(F)(F)F)cc2)c2nc(Cl)[nH]c(=O)c12. The van der Waals surface area contributed by atoms with Crippen LogP contribution in [0.5, 0.6) is 0 Å². The van der Waals surface area contributed by atoms with E-state index in [1.165, 1.54) is 28.9 Å². The molecule has 0 bridgehead atoms. The fourth-order valence-electron chi connectivity index (χ4n) is 5.24. The number of aryl methyl sites for hydroxylation is 2. The topological polar surface area (TPSA) is 139 Å². The molecule has 49 heavy (non-hydrogen) atoms. The Labute approximate surface area is 278 Å². The van der Waals surface area contributed by atoms with Crippen LogP contribution in [0.25, 0.3) is 22.1 Å². The molecule has 0 aliphatic heterocycles. The maximum atomic E-state index is 12.7. The van der Waals surface area contributed by atoms with Gasteiger partial charge in [-0.3, -0.25) is 19.6 Å². The number of alkyl halides is 6. The molecule has 0 aliphatic carbocycles. The van der Waals surface area contributed by atoms with Gasteiger partial charge in [0.05, 0.1) is 34.6 Å². The van der Waals surface area contributed by atoms with Crippen molar-refractivity contribution in [3.63, 3.8) is 0 Å². The molecule has 6 aromatic rings. The number of H-pyrrole nitrogens is 2. The Morgan fingerprint density at radius 3 is 1.47 bits per heavy atom. The molecule has 3 N–H and O–H groups in total. The smallest absolute Gasteiger partial charge is 0.359 e. The molecule has 6 rings (SSSR count). The molecule has 2 atom stereocenters. The average molecular weight is 708 g/mol. The van der Waals surface area contributed by atoms with Crippen LogP contribution >= 0.6 is 11.6 Å². The van der Waals surface area contributed by atoms with E-state index < -0.39 is 41.1 Å². The van der Waals surface area contributed by atoms with Crippen LogP contribution in [0, 0.1) is 13.8 Å². The van der Waals surface area contributed by atoms with Gasteiger partial charge in [-0.15, -0.1) is 0 Å². The maximum absolute atomic E-state index is 12.7. The highest BCUT2D eigenvalue weighted by Crippen LogP contribution is 2.32. The summed E-state index contributed by atoms with van der Waals surface area (Å²) in [5.41, 5.74) is 0.697. The number of aromatic amines is 2. The van der Waals surface area contributed by atoms with Crippen molar-refractivity contribution >= 4 is 39.6 Å². The summed E-state index contributed by atoms with van der Waals surface area (Å²) < 4.78 is 79.1. The fourth-order valence-corrected chi connectivity index (χ4v) is 5.41. The molecule has 4 heterocycles. The number of nitrogens with zero attached hydrogens (tertiary/aromatic N) is 6. The first-order chi connectivity index (χ1) is 22.9. The van der Waals surface area contributed by atoms with Gasteiger partial charge in [0.25, 0.3) is 11.1 Å². The Kier molecular flexibility index (Phi) is 9.33. The number of fused-ring (bicyclic) bond motifs is 2. The molecule has 4 aromatic heterocycles. The van der Waals surface area contributed by atoms with E-state index in [0.717, 1.165) is 24.3 Å². The van der Waals surface area contributed by atoms with Crippen LogP contribution in [0.3, 0.4) is 0 Å². The van der Waals surface area contributed by atoms with E-state index in [2.05, 4.69) is 35.5 Å². The Bertz CT molecular complexity index is 2250. The van der Waals surface area contributed by atoms with Crippen molar-refractivity contribution in [3.05, 3.63) is 108 Å². The second kappa shape index (κ2) is 13.0. The summed E-state index contributed by atoms with van der Waals surface area (Å²) in [5, 5.41) is 12.0. The normalized spacial score (nSPS) is 13.3. The highest BCUT2D eigenvalue weighted by atomic mass is 35.5. The molecule has 258 valence electrons. The third-order valence-corrected chi connectivity index (χ3v) is 8.04. The number of nitrogens with one attached hydrogen (secondary N) is 3. The maximum Gasteiger partial charge on any atom is 0.416 e. The average Bonchev–Trinajstić information content (AvgIpc) is 3.56. The molecule has 2 unspecified atom stereocenters. The molecule has 11 nitrogen and oxygen atoms in total. The van der Waals surface area contributed by atoms with Gasteiger partial charge in [0.2, 0.25) is 11.2 Å². The highest BCUT2D eigenvalue weighted by Gasteiger charge is 2.31. The molecule has 0 saturated carbocycles. The van der Waals surface area contributed by atoms with Crippen molar-refractivity contribution in [3.8, 4) is 0 Å². The first-order valence-electron chi connectivity index (χ1n) is 14.6. The molecule has 0 fully saturated rings. The second-order valence-corrected chi connectivity index (χ2v) is 11.4. The fraction of sp³-hybridized carbons (Fsp3) is 0.290. The number of hydrogen-bond acceptors (Lipinski definition) is 7. The lowest BCUT2D eigenvalue weighted by atomic mass is 10.1. The van der Waals surface area contributed by atoms with E-state index in [-0.39, 0.29) is 16.5 Å². The van der Waals surface area contributed by atoms with E-state index in [1.807, 2.05) is 0 Å². The van der Waals surface area contributed by atoms with E-state index >= 15 is 0 Å². The summed E-state index contributed by atoms with van der Waals surface area (Å²) in [6.07, 6.45) is -8.77. The van der Waals surface area contributed by atoms with Gasteiger partial charge >= 0.3 is 12.4 Å². The van der Waals surface area contributed by atoms with Crippen LogP contribution in [-0.2, 0) is 12.4 Å². The lowest BCUT2D eigenvalue weighted by Crippen LogP contribution is -2.14. The molecule has 18 heteroatoms. The summed E-state index contributed by atoms with van der Waals surface area (Å²) >= 11 is 5.79. The van der Waals surface area contributed by atoms with Crippen molar-refractivity contribution < 1.29 is 26.3 Å². The zero-order valence-corrected chi connectivity index (χ0v) is 27.2. The number of benzene rings is 2. The van der Waals surface area contributed by atoms with Crippen LogP contribution in [0.4, 0.5) is 32.3 Å². The molecule has 0 radical (unpaired) electrons. The molecule has 0 spiro atoms. The van der Waals surface area contributed by atoms with E-state index in [0.29, 0.717) is 44.9 Å². The van der Waals surface area contributed by atoms with Gasteiger partial charge in [0, 0.05) is 7.05 Å². The number of rotatable bonds is 5. The third kappa shape index (κ3) is 7.02. The first-order valence-corrected chi connectivity index (χ1v) is 14.9. The van der Waals surface area contributed by atoms with Gasteiger partial charge in [0.15, 0.2) is 11.3 Å². The lowest BCUT2D eigenvalue weighted by Gasteiger charge is -2.15. The lowest BCUT2D eigenvalue weighted by molar-refractivity contribution is -0.138. The molecule has 0 aliphatic rings. The van der Waals surface area contributed by atoms with Crippen molar-refractivity contribution in [1.29, 1.82) is 0 Å². The molecule has 2 aromatic carbocycles.